The minimum Gasteiger partial charge on any atom is -0.368 e. The molecule has 2 aliphatic rings. The first kappa shape index (κ1) is 15.3. The number of carbonyl (C=O) groups is 1. The molecule has 2 atom stereocenters. The van der Waals surface area contributed by atoms with Crippen molar-refractivity contribution in [1.82, 2.24) is 4.90 Å². The topological polar surface area (TPSA) is 49.6 Å². The van der Waals surface area contributed by atoms with Crippen LogP contribution in [0.15, 0.2) is 18.2 Å². The first-order valence-corrected chi connectivity index (χ1v) is 8.42. The van der Waals surface area contributed by atoms with Crippen LogP contribution in [0.3, 0.4) is 0 Å². The monoisotopic (exact) mass is 301 g/mol. The molecule has 0 radical (unpaired) electrons. The van der Waals surface area contributed by atoms with Gasteiger partial charge >= 0.3 is 0 Å². The Morgan fingerprint density at radius 3 is 2.50 bits per heavy atom. The van der Waals surface area contributed by atoms with Gasteiger partial charge in [-0.25, -0.2) is 0 Å². The molecule has 1 amide bonds. The summed E-state index contributed by atoms with van der Waals surface area (Å²) in [6.45, 7) is 7.85. The van der Waals surface area contributed by atoms with Crippen molar-refractivity contribution in [3.05, 3.63) is 29.3 Å². The van der Waals surface area contributed by atoms with Gasteiger partial charge < -0.3 is 15.5 Å². The summed E-state index contributed by atoms with van der Waals surface area (Å²) in [6, 6.07) is 6.69. The van der Waals surface area contributed by atoms with Gasteiger partial charge in [0.1, 0.15) is 0 Å². The van der Waals surface area contributed by atoms with Crippen LogP contribution in [-0.4, -0.2) is 43.0 Å². The highest BCUT2D eigenvalue weighted by molar-refractivity contribution is 5.79. The van der Waals surface area contributed by atoms with E-state index in [1.54, 1.807) is 0 Å². The van der Waals surface area contributed by atoms with E-state index in [4.69, 9.17) is 5.73 Å². The molecular weight excluding hydrogens is 274 g/mol. The van der Waals surface area contributed by atoms with Crippen LogP contribution in [0.4, 0.5) is 5.69 Å². The zero-order chi connectivity index (χ0) is 15.7. The average Bonchev–Trinajstić information content (AvgIpc) is 2.96. The minimum absolute atomic E-state index is 0.169. The SMILES string of the molecule is Cc1cccc(N2CCN(C(=O)C3CCC(N)C3)CC2)c1C. The van der Waals surface area contributed by atoms with E-state index >= 15 is 0 Å². The molecule has 1 saturated heterocycles. The molecular formula is C18H27N3O. The lowest BCUT2D eigenvalue weighted by Crippen LogP contribution is -2.50. The zero-order valence-electron chi connectivity index (χ0n) is 13.7. The Morgan fingerprint density at radius 2 is 1.86 bits per heavy atom. The van der Waals surface area contributed by atoms with Crippen molar-refractivity contribution >= 4 is 11.6 Å². The van der Waals surface area contributed by atoms with E-state index in [9.17, 15) is 4.79 Å². The Balaban J connectivity index is 1.60. The predicted octanol–water partition coefficient (Wildman–Crippen LogP) is 2.08. The first-order valence-electron chi connectivity index (χ1n) is 8.42. The maximum absolute atomic E-state index is 12.6. The van der Waals surface area contributed by atoms with E-state index in [0.717, 1.165) is 45.4 Å². The maximum atomic E-state index is 12.6. The molecule has 0 spiro atoms. The summed E-state index contributed by atoms with van der Waals surface area (Å²) in [5.41, 5.74) is 9.94. The van der Waals surface area contributed by atoms with Gasteiger partial charge in [0.15, 0.2) is 0 Å². The van der Waals surface area contributed by atoms with Crippen molar-refractivity contribution in [2.45, 2.75) is 39.2 Å². The minimum atomic E-state index is 0.169. The molecule has 4 nitrogen and oxygen atoms in total. The number of aryl methyl sites for hydroxylation is 1. The van der Waals surface area contributed by atoms with E-state index in [0.29, 0.717) is 5.91 Å². The molecule has 1 aromatic rings. The Bertz CT molecular complexity index is 549. The average molecular weight is 301 g/mol. The molecule has 0 bridgehead atoms. The lowest BCUT2D eigenvalue weighted by Gasteiger charge is -2.38. The number of benzene rings is 1. The summed E-state index contributed by atoms with van der Waals surface area (Å²) in [7, 11) is 0. The van der Waals surface area contributed by atoms with Crippen LogP contribution in [-0.2, 0) is 4.79 Å². The van der Waals surface area contributed by atoms with Gasteiger partial charge in [0.05, 0.1) is 0 Å². The van der Waals surface area contributed by atoms with Crippen molar-refractivity contribution in [2.24, 2.45) is 11.7 Å². The normalized spacial score (nSPS) is 25.6. The smallest absolute Gasteiger partial charge is 0.225 e. The van der Waals surface area contributed by atoms with Gasteiger partial charge in [0.2, 0.25) is 5.91 Å². The second-order valence-corrected chi connectivity index (χ2v) is 6.80. The van der Waals surface area contributed by atoms with Crippen molar-refractivity contribution in [3.8, 4) is 0 Å². The highest BCUT2D eigenvalue weighted by atomic mass is 16.2. The summed E-state index contributed by atoms with van der Waals surface area (Å²) in [5.74, 6) is 0.496. The molecule has 4 heteroatoms. The molecule has 2 fully saturated rings. The third-order valence-corrected chi connectivity index (χ3v) is 5.33. The number of hydrogen-bond donors (Lipinski definition) is 1. The van der Waals surface area contributed by atoms with Gasteiger partial charge in [-0.05, 0) is 50.3 Å². The summed E-state index contributed by atoms with van der Waals surface area (Å²) >= 11 is 0. The van der Waals surface area contributed by atoms with Crippen LogP contribution in [0.2, 0.25) is 0 Å². The summed E-state index contributed by atoms with van der Waals surface area (Å²) in [6.07, 6.45) is 2.84. The maximum Gasteiger partial charge on any atom is 0.225 e. The summed E-state index contributed by atoms with van der Waals surface area (Å²) < 4.78 is 0. The van der Waals surface area contributed by atoms with Gasteiger partial charge in [-0.1, -0.05) is 12.1 Å². The van der Waals surface area contributed by atoms with Crippen LogP contribution in [0.25, 0.3) is 0 Å². The molecule has 1 heterocycles. The first-order chi connectivity index (χ1) is 10.6. The molecule has 0 aromatic heterocycles. The molecule has 1 aliphatic heterocycles. The van der Waals surface area contributed by atoms with E-state index in [1.807, 2.05) is 4.90 Å². The number of nitrogens with zero attached hydrogens (tertiary/aromatic N) is 2. The number of nitrogens with two attached hydrogens (primary N) is 1. The molecule has 120 valence electrons. The number of anilines is 1. The highest BCUT2D eigenvalue weighted by Crippen LogP contribution is 2.28. The second kappa shape index (κ2) is 6.29. The number of piperazine rings is 1. The third kappa shape index (κ3) is 2.98. The Labute approximate surface area is 133 Å². The largest absolute Gasteiger partial charge is 0.368 e. The van der Waals surface area contributed by atoms with Crippen LogP contribution < -0.4 is 10.6 Å². The molecule has 2 unspecified atom stereocenters. The van der Waals surface area contributed by atoms with Crippen LogP contribution >= 0.6 is 0 Å². The number of hydrogen-bond acceptors (Lipinski definition) is 3. The van der Waals surface area contributed by atoms with E-state index in [1.165, 1.54) is 16.8 Å². The summed E-state index contributed by atoms with van der Waals surface area (Å²) in [5, 5.41) is 0. The fourth-order valence-electron chi connectivity index (χ4n) is 3.74. The van der Waals surface area contributed by atoms with Gasteiger partial charge in [-0.15, -0.1) is 0 Å². The van der Waals surface area contributed by atoms with Gasteiger partial charge in [0.25, 0.3) is 0 Å². The van der Waals surface area contributed by atoms with Crippen molar-refractivity contribution in [1.29, 1.82) is 0 Å². The van der Waals surface area contributed by atoms with Crippen LogP contribution in [0.1, 0.15) is 30.4 Å². The fraction of sp³-hybridized carbons (Fsp3) is 0.611. The van der Waals surface area contributed by atoms with Crippen molar-refractivity contribution in [3.63, 3.8) is 0 Å². The zero-order valence-corrected chi connectivity index (χ0v) is 13.7. The Kier molecular flexibility index (Phi) is 4.39. The van der Waals surface area contributed by atoms with Gasteiger partial charge in [0, 0.05) is 43.8 Å². The van der Waals surface area contributed by atoms with E-state index in [-0.39, 0.29) is 12.0 Å². The van der Waals surface area contributed by atoms with E-state index in [2.05, 4.69) is 36.9 Å². The second-order valence-electron chi connectivity index (χ2n) is 6.80. The number of rotatable bonds is 2. The standard InChI is InChI=1S/C18H27N3O/c1-13-4-3-5-17(14(13)2)20-8-10-21(11-9-20)18(22)15-6-7-16(19)12-15/h3-5,15-16H,6-12,19H2,1-2H3. The lowest BCUT2D eigenvalue weighted by molar-refractivity contribution is -0.135. The number of amides is 1. The molecule has 1 saturated carbocycles. The lowest BCUT2D eigenvalue weighted by atomic mass is 10.0. The number of carbonyl (C=O) groups excluding carboxylic acids is 1. The van der Waals surface area contributed by atoms with E-state index < -0.39 is 0 Å². The molecule has 22 heavy (non-hydrogen) atoms. The van der Waals surface area contributed by atoms with Gasteiger partial charge in [-0.3, -0.25) is 4.79 Å². The third-order valence-electron chi connectivity index (χ3n) is 5.33. The predicted molar refractivity (Wildman–Crippen MR) is 90.0 cm³/mol. The quantitative estimate of drug-likeness (QED) is 0.910. The fourth-order valence-corrected chi connectivity index (χ4v) is 3.74. The molecule has 1 aromatic carbocycles. The van der Waals surface area contributed by atoms with Crippen LogP contribution in [0, 0.1) is 19.8 Å². The van der Waals surface area contributed by atoms with Crippen molar-refractivity contribution < 1.29 is 4.79 Å². The Hall–Kier alpha value is -1.55. The van der Waals surface area contributed by atoms with Gasteiger partial charge in [-0.2, -0.15) is 0 Å². The Morgan fingerprint density at radius 1 is 1.14 bits per heavy atom. The summed E-state index contributed by atoms with van der Waals surface area (Å²) in [4.78, 5) is 17.0. The van der Waals surface area contributed by atoms with Crippen molar-refractivity contribution in [2.75, 3.05) is 31.1 Å². The molecule has 3 rings (SSSR count). The van der Waals surface area contributed by atoms with Crippen LogP contribution in [0.5, 0.6) is 0 Å². The highest BCUT2D eigenvalue weighted by Gasteiger charge is 2.32. The molecule has 1 aliphatic carbocycles. The molecule has 2 N–H and O–H groups in total.